The van der Waals surface area contributed by atoms with Gasteiger partial charge in [0.05, 0.1) is 7.11 Å². The fraction of sp³-hybridized carbons (Fsp3) is 0.263. The third-order valence-corrected chi connectivity index (χ3v) is 5.04. The molecule has 0 fully saturated rings. The standard InChI is InChI=1S/C19H20FN3OS/c1-4-23-18(15-8-6-5-7-13(15)2)21-22-19(23)25-12-14-9-10-17(24-3)16(20)11-14/h5-11H,4,12H2,1-3H3. The van der Waals surface area contributed by atoms with Crippen LogP contribution in [-0.4, -0.2) is 21.9 Å². The Kier molecular flexibility index (Phi) is 5.38. The number of halogens is 1. The van der Waals surface area contributed by atoms with E-state index in [1.807, 2.05) is 18.2 Å². The summed E-state index contributed by atoms with van der Waals surface area (Å²) < 4.78 is 20.9. The first-order valence-corrected chi connectivity index (χ1v) is 9.07. The van der Waals surface area contributed by atoms with Crippen LogP contribution < -0.4 is 4.74 Å². The number of aromatic nitrogens is 3. The van der Waals surface area contributed by atoms with Crippen molar-refractivity contribution in [2.24, 2.45) is 0 Å². The zero-order chi connectivity index (χ0) is 17.8. The maximum absolute atomic E-state index is 13.8. The number of hydrogen-bond acceptors (Lipinski definition) is 4. The molecule has 2 aromatic carbocycles. The second-order valence-corrected chi connectivity index (χ2v) is 6.57. The number of benzene rings is 2. The highest BCUT2D eigenvalue weighted by molar-refractivity contribution is 7.98. The van der Waals surface area contributed by atoms with E-state index in [1.54, 1.807) is 17.8 Å². The molecule has 0 N–H and O–H groups in total. The van der Waals surface area contributed by atoms with Crippen LogP contribution in [0.2, 0.25) is 0 Å². The molecule has 0 aliphatic carbocycles. The van der Waals surface area contributed by atoms with Gasteiger partial charge in [0.1, 0.15) is 0 Å². The van der Waals surface area contributed by atoms with Crippen molar-refractivity contribution in [3.8, 4) is 17.1 Å². The lowest BCUT2D eigenvalue weighted by Gasteiger charge is -2.09. The molecule has 0 bridgehead atoms. The van der Waals surface area contributed by atoms with Crippen molar-refractivity contribution in [2.75, 3.05) is 7.11 Å². The molecule has 3 rings (SSSR count). The minimum atomic E-state index is -0.349. The van der Waals surface area contributed by atoms with Gasteiger partial charge in [0.2, 0.25) is 0 Å². The molecule has 0 amide bonds. The smallest absolute Gasteiger partial charge is 0.191 e. The average molecular weight is 357 g/mol. The topological polar surface area (TPSA) is 39.9 Å². The molecule has 130 valence electrons. The molecule has 25 heavy (non-hydrogen) atoms. The quantitative estimate of drug-likeness (QED) is 0.599. The van der Waals surface area contributed by atoms with Gasteiger partial charge in [-0.05, 0) is 37.1 Å². The average Bonchev–Trinajstić information content (AvgIpc) is 3.03. The van der Waals surface area contributed by atoms with E-state index in [2.05, 4.69) is 40.7 Å². The molecule has 1 heterocycles. The summed E-state index contributed by atoms with van der Waals surface area (Å²) in [5.41, 5.74) is 3.13. The number of ether oxygens (including phenoxy) is 1. The SMILES string of the molecule is CCn1c(SCc2ccc(OC)c(F)c2)nnc1-c1ccccc1C. The molecule has 4 nitrogen and oxygen atoms in total. The highest BCUT2D eigenvalue weighted by atomic mass is 32.2. The normalized spacial score (nSPS) is 10.9. The van der Waals surface area contributed by atoms with Crippen LogP contribution in [0.5, 0.6) is 5.75 Å². The molecule has 0 spiro atoms. The highest BCUT2D eigenvalue weighted by Crippen LogP contribution is 2.29. The van der Waals surface area contributed by atoms with Crippen LogP contribution in [-0.2, 0) is 12.3 Å². The number of thioether (sulfide) groups is 1. The molecule has 0 radical (unpaired) electrons. The van der Waals surface area contributed by atoms with Crippen molar-refractivity contribution in [1.82, 2.24) is 14.8 Å². The van der Waals surface area contributed by atoms with Crippen LogP contribution in [0.25, 0.3) is 11.4 Å². The Balaban J connectivity index is 1.82. The Hall–Kier alpha value is -2.34. The summed E-state index contributed by atoms with van der Waals surface area (Å²) in [7, 11) is 1.46. The molecule has 0 unspecified atom stereocenters. The first-order valence-electron chi connectivity index (χ1n) is 8.08. The van der Waals surface area contributed by atoms with Gasteiger partial charge >= 0.3 is 0 Å². The number of hydrogen-bond donors (Lipinski definition) is 0. The monoisotopic (exact) mass is 357 g/mol. The zero-order valence-corrected chi connectivity index (χ0v) is 15.3. The van der Waals surface area contributed by atoms with Gasteiger partial charge in [-0.1, -0.05) is 42.1 Å². The largest absolute Gasteiger partial charge is 0.494 e. The van der Waals surface area contributed by atoms with Gasteiger partial charge < -0.3 is 9.30 Å². The van der Waals surface area contributed by atoms with Gasteiger partial charge in [-0.3, -0.25) is 0 Å². The Labute approximate surface area is 151 Å². The van der Waals surface area contributed by atoms with Crippen molar-refractivity contribution in [2.45, 2.75) is 31.3 Å². The molecular formula is C19H20FN3OS. The van der Waals surface area contributed by atoms with Crippen molar-refractivity contribution in [3.63, 3.8) is 0 Å². The van der Waals surface area contributed by atoms with E-state index in [-0.39, 0.29) is 11.6 Å². The lowest BCUT2D eigenvalue weighted by Crippen LogP contribution is -2.01. The van der Waals surface area contributed by atoms with Gasteiger partial charge in [-0.2, -0.15) is 0 Å². The summed E-state index contributed by atoms with van der Waals surface area (Å²) >= 11 is 1.55. The predicted octanol–water partition coefficient (Wildman–Crippen LogP) is 4.71. The number of methoxy groups -OCH3 is 1. The van der Waals surface area contributed by atoms with E-state index < -0.39 is 0 Å². The minimum absolute atomic E-state index is 0.257. The van der Waals surface area contributed by atoms with E-state index in [0.717, 1.165) is 28.7 Å². The highest BCUT2D eigenvalue weighted by Gasteiger charge is 2.15. The van der Waals surface area contributed by atoms with E-state index in [1.165, 1.54) is 18.7 Å². The first-order chi connectivity index (χ1) is 12.1. The molecule has 0 saturated carbocycles. The minimum Gasteiger partial charge on any atom is -0.494 e. The van der Waals surface area contributed by atoms with E-state index in [9.17, 15) is 4.39 Å². The van der Waals surface area contributed by atoms with Crippen molar-refractivity contribution in [3.05, 3.63) is 59.4 Å². The van der Waals surface area contributed by atoms with Gasteiger partial charge in [0.25, 0.3) is 0 Å². The van der Waals surface area contributed by atoms with Gasteiger partial charge in [0, 0.05) is 17.9 Å². The number of aryl methyl sites for hydroxylation is 1. The molecular weight excluding hydrogens is 337 g/mol. The summed E-state index contributed by atoms with van der Waals surface area (Å²) in [6.07, 6.45) is 0. The van der Waals surface area contributed by atoms with Crippen LogP contribution in [0.1, 0.15) is 18.1 Å². The Bertz CT molecular complexity index is 879. The summed E-state index contributed by atoms with van der Waals surface area (Å²) in [6, 6.07) is 13.2. The molecule has 3 aromatic rings. The fourth-order valence-electron chi connectivity index (χ4n) is 2.65. The van der Waals surface area contributed by atoms with Gasteiger partial charge in [0.15, 0.2) is 22.5 Å². The van der Waals surface area contributed by atoms with Crippen LogP contribution in [0.4, 0.5) is 4.39 Å². The summed E-state index contributed by atoms with van der Waals surface area (Å²) in [5.74, 6) is 1.39. The molecule has 0 aliphatic rings. The van der Waals surface area contributed by atoms with E-state index in [0.29, 0.717) is 5.75 Å². The van der Waals surface area contributed by atoms with Gasteiger partial charge in [-0.15, -0.1) is 10.2 Å². The zero-order valence-electron chi connectivity index (χ0n) is 14.5. The molecule has 1 aromatic heterocycles. The third-order valence-electron chi connectivity index (χ3n) is 4.00. The molecule has 0 saturated heterocycles. The van der Waals surface area contributed by atoms with Crippen molar-refractivity contribution < 1.29 is 9.13 Å². The van der Waals surface area contributed by atoms with Crippen molar-refractivity contribution >= 4 is 11.8 Å². The third kappa shape index (κ3) is 3.69. The fourth-order valence-corrected chi connectivity index (χ4v) is 3.60. The van der Waals surface area contributed by atoms with E-state index in [4.69, 9.17) is 4.74 Å². The van der Waals surface area contributed by atoms with Crippen molar-refractivity contribution in [1.29, 1.82) is 0 Å². The Morgan fingerprint density at radius 3 is 2.64 bits per heavy atom. The second kappa shape index (κ2) is 7.70. The summed E-state index contributed by atoms with van der Waals surface area (Å²) in [6.45, 7) is 4.91. The van der Waals surface area contributed by atoms with Crippen LogP contribution in [0, 0.1) is 12.7 Å². The maximum atomic E-state index is 13.8. The van der Waals surface area contributed by atoms with Crippen LogP contribution >= 0.6 is 11.8 Å². The van der Waals surface area contributed by atoms with Crippen LogP contribution in [0.3, 0.4) is 0 Å². The molecule has 6 heteroatoms. The first kappa shape index (κ1) is 17.5. The van der Waals surface area contributed by atoms with Crippen LogP contribution in [0.15, 0.2) is 47.6 Å². The summed E-state index contributed by atoms with van der Waals surface area (Å²) in [4.78, 5) is 0. The maximum Gasteiger partial charge on any atom is 0.191 e. The van der Waals surface area contributed by atoms with E-state index >= 15 is 0 Å². The molecule has 0 atom stereocenters. The Morgan fingerprint density at radius 2 is 1.96 bits per heavy atom. The number of nitrogens with zero attached hydrogens (tertiary/aromatic N) is 3. The lowest BCUT2D eigenvalue weighted by atomic mass is 10.1. The Morgan fingerprint density at radius 1 is 1.16 bits per heavy atom. The molecule has 0 aliphatic heterocycles. The number of rotatable bonds is 6. The predicted molar refractivity (Wildman–Crippen MR) is 98.4 cm³/mol. The second-order valence-electron chi connectivity index (χ2n) is 5.62. The summed E-state index contributed by atoms with van der Waals surface area (Å²) in [5, 5.41) is 9.54. The van der Waals surface area contributed by atoms with Gasteiger partial charge in [-0.25, -0.2) is 4.39 Å². The lowest BCUT2D eigenvalue weighted by molar-refractivity contribution is 0.386.